The zero-order chi connectivity index (χ0) is 26.3. The second kappa shape index (κ2) is 11.9. The highest BCUT2D eigenvalue weighted by Crippen LogP contribution is 2.32. The highest BCUT2D eigenvalue weighted by atomic mass is 35.5. The number of hydrogen-bond acceptors (Lipinski definition) is 6. The normalized spacial score (nSPS) is 12.9. The third kappa shape index (κ3) is 7.60. The number of hydrogen-bond donors (Lipinski definition) is 4. The van der Waals surface area contributed by atoms with Gasteiger partial charge in [-0.1, -0.05) is 41.9 Å². The molecule has 0 heterocycles. The van der Waals surface area contributed by atoms with E-state index in [0.717, 1.165) is 4.90 Å². The van der Waals surface area contributed by atoms with Gasteiger partial charge in [0.2, 0.25) is 5.91 Å². The molecule has 2 aromatic rings. The van der Waals surface area contributed by atoms with Crippen molar-refractivity contribution in [3.63, 3.8) is 0 Å². The van der Waals surface area contributed by atoms with Gasteiger partial charge in [0.05, 0.1) is 17.3 Å². The van der Waals surface area contributed by atoms with Gasteiger partial charge in [-0.2, -0.15) is 0 Å². The minimum atomic E-state index is -1.34. The molecule has 2 atom stereocenters. The van der Waals surface area contributed by atoms with Gasteiger partial charge in [0.25, 0.3) is 5.91 Å². The number of anilines is 1. The molecule has 4 N–H and O–H groups in total. The average Bonchev–Trinajstić information content (AvgIpc) is 2.75. The van der Waals surface area contributed by atoms with Crippen molar-refractivity contribution >= 4 is 35.2 Å². The number of phenolic OH excluding ortho intramolecular Hbond substituents is 1. The first-order valence-corrected chi connectivity index (χ1v) is 11.5. The zero-order valence-electron chi connectivity index (χ0n) is 20.5. The molecule has 0 bridgehead atoms. The molecule has 0 spiro atoms. The summed E-state index contributed by atoms with van der Waals surface area (Å²) in [5.74, 6) is -1.54. The van der Waals surface area contributed by atoms with Crippen LogP contribution in [0, 0.1) is 6.92 Å². The van der Waals surface area contributed by atoms with E-state index in [2.05, 4.69) is 10.6 Å². The van der Waals surface area contributed by atoms with Gasteiger partial charge in [-0.05, 0) is 52.3 Å². The number of para-hydroxylation sites is 2. The monoisotopic (exact) mass is 505 g/mol. The van der Waals surface area contributed by atoms with Crippen molar-refractivity contribution in [2.24, 2.45) is 0 Å². The quantitative estimate of drug-likeness (QED) is 0.432. The highest BCUT2D eigenvalue weighted by molar-refractivity contribution is 6.34. The van der Waals surface area contributed by atoms with Crippen molar-refractivity contribution < 1.29 is 29.3 Å². The molecular weight excluding hydrogens is 474 g/mol. The topological polar surface area (TPSA) is 128 Å². The molecule has 3 amide bonds. The molecule has 0 aliphatic rings. The third-order valence-electron chi connectivity index (χ3n) is 4.99. The number of aliphatic hydroxyl groups is 1. The molecular formula is C25H32ClN3O6. The van der Waals surface area contributed by atoms with E-state index in [1.807, 2.05) is 0 Å². The van der Waals surface area contributed by atoms with Crippen LogP contribution in [-0.4, -0.2) is 57.8 Å². The average molecular weight is 506 g/mol. The van der Waals surface area contributed by atoms with Crippen LogP contribution in [-0.2, 0) is 14.3 Å². The fourth-order valence-corrected chi connectivity index (χ4v) is 3.69. The molecule has 0 saturated heterocycles. The van der Waals surface area contributed by atoms with Crippen LogP contribution in [0.25, 0.3) is 0 Å². The lowest BCUT2D eigenvalue weighted by molar-refractivity contribution is -0.141. The Morgan fingerprint density at radius 2 is 1.77 bits per heavy atom. The molecule has 2 unspecified atom stereocenters. The predicted octanol–water partition coefficient (Wildman–Crippen LogP) is 3.77. The fraction of sp³-hybridized carbons (Fsp3) is 0.400. The largest absolute Gasteiger partial charge is 0.508 e. The first-order valence-electron chi connectivity index (χ1n) is 11.1. The number of amides is 3. The van der Waals surface area contributed by atoms with Crippen LogP contribution in [0.4, 0.5) is 10.5 Å². The number of nitrogens with one attached hydrogen (secondary N) is 2. The lowest BCUT2D eigenvalue weighted by atomic mass is 10.0. The molecule has 0 aliphatic heterocycles. The Balaban J connectivity index is 2.45. The van der Waals surface area contributed by atoms with Gasteiger partial charge in [-0.15, -0.1) is 0 Å². The van der Waals surface area contributed by atoms with Crippen molar-refractivity contribution in [2.45, 2.75) is 52.3 Å². The number of rotatable bonds is 8. The number of alkyl carbamates (subject to hydrolysis) is 1. The Bertz CT molecular complexity index is 1050. The molecule has 0 saturated carbocycles. The standard InChI is InChI=1S/C25H32ClN3O6/c1-15-9-8-11-18(26)20(15)28-22(32)21(17-10-6-7-12-19(17)31)29(13-14-30)23(33)16(2)27-24(34)35-25(3,4)5/h6-12,16,21,30-31H,13-14H2,1-5H3,(H,27,34)(H,28,32). The second-order valence-corrected chi connectivity index (χ2v) is 9.41. The number of carbonyl (C=O) groups excluding carboxylic acids is 3. The smallest absolute Gasteiger partial charge is 0.408 e. The first-order chi connectivity index (χ1) is 16.4. The minimum Gasteiger partial charge on any atom is -0.508 e. The molecule has 0 aromatic heterocycles. The molecule has 35 heavy (non-hydrogen) atoms. The van der Waals surface area contributed by atoms with Crippen LogP contribution >= 0.6 is 11.6 Å². The van der Waals surface area contributed by atoms with Crippen molar-refractivity contribution in [2.75, 3.05) is 18.5 Å². The van der Waals surface area contributed by atoms with E-state index in [0.29, 0.717) is 16.3 Å². The van der Waals surface area contributed by atoms with Gasteiger partial charge in [0, 0.05) is 12.1 Å². The van der Waals surface area contributed by atoms with Crippen molar-refractivity contribution in [1.82, 2.24) is 10.2 Å². The Hall–Kier alpha value is -3.30. The molecule has 9 nitrogen and oxygen atoms in total. The summed E-state index contributed by atoms with van der Waals surface area (Å²) in [7, 11) is 0. The molecule has 190 valence electrons. The van der Waals surface area contributed by atoms with Crippen LogP contribution in [0.5, 0.6) is 5.75 Å². The summed E-state index contributed by atoms with van der Waals surface area (Å²) in [6.07, 6.45) is -0.808. The van der Waals surface area contributed by atoms with Crippen LogP contribution in [0.15, 0.2) is 42.5 Å². The molecule has 0 aliphatic carbocycles. The number of aryl methyl sites for hydroxylation is 1. The molecule has 2 rings (SSSR count). The number of nitrogens with zero attached hydrogens (tertiary/aromatic N) is 1. The Kier molecular flexibility index (Phi) is 9.50. The van der Waals surface area contributed by atoms with E-state index in [-0.39, 0.29) is 17.9 Å². The van der Waals surface area contributed by atoms with E-state index < -0.39 is 42.2 Å². The van der Waals surface area contributed by atoms with E-state index in [1.165, 1.54) is 19.1 Å². The van der Waals surface area contributed by atoms with Crippen LogP contribution < -0.4 is 10.6 Å². The van der Waals surface area contributed by atoms with Gasteiger partial charge in [0.1, 0.15) is 23.4 Å². The van der Waals surface area contributed by atoms with Crippen molar-refractivity contribution in [3.05, 3.63) is 58.6 Å². The molecule has 0 radical (unpaired) electrons. The summed E-state index contributed by atoms with van der Waals surface area (Å²) in [5, 5.41) is 25.7. The van der Waals surface area contributed by atoms with Crippen molar-refractivity contribution in [1.29, 1.82) is 0 Å². The molecule has 0 fully saturated rings. The summed E-state index contributed by atoms with van der Waals surface area (Å²) in [6, 6.07) is 8.76. The minimum absolute atomic E-state index is 0.140. The summed E-state index contributed by atoms with van der Waals surface area (Å²) in [5.41, 5.74) is 0.418. The Morgan fingerprint density at radius 1 is 1.11 bits per heavy atom. The van der Waals surface area contributed by atoms with Crippen LogP contribution in [0.1, 0.15) is 44.9 Å². The van der Waals surface area contributed by atoms with Crippen LogP contribution in [0.2, 0.25) is 5.02 Å². The van der Waals surface area contributed by atoms with Crippen molar-refractivity contribution in [3.8, 4) is 5.75 Å². The number of aromatic hydroxyl groups is 1. The number of benzene rings is 2. The van der Waals surface area contributed by atoms with Crippen LogP contribution in [0.3, 0.4) is 0 Å². The third-order valence-corrected chi connectivity index (χ3v) is 5.30. The fourth-order valence-electron chi connectivity index (χ4n) is 3.42. The number of carbonyl (C=O) groups is 3. The van der Waals surface area contributed by atoms with Gasteiger partial charge >= 0.3 is 6.09 Å². The van der Waals surface area contributed by atoms with Gasteiger partial charge in [-0.3, -0.25) is 9.59 Å². The van der Waals surface area contributed by atoms with E-state index >= 15 is 0 Å². The zero-order valence-corrected chi connectivity index (χ0v) is 21.2. The van der Waals surface area contributed by atoms with Gasteiger partial charge < -0.3 is 30.5 Å². The highest BCUT2D eigenvalue weighted by Gasteiger charge is 2.36. The number of phenols is 1. The predicted molar refractivity (Wildman–Crippen MR) is 133 cm³/mol. The second-order valence-electron chi connectivity index (χ2n) is 9.01. The van der Waals surface area contributed by atoms with Gasteiger partial charge in [0.15, 0.2) is 0 Å². The number of halogens is 1. The van der Waals surface area contributed by atoms with E-state index in [1.54, 1.807) is 58.0 Å². The first kappa shape index (κ1) is 27.9. The summed E-state index contributed by atoms with van der Waals surface area (Å²) in [6.45, 7) is 7.56. The Labute approximate surface area is 210 Å². The maximum Gasteiger partial charge on any atom is 0.408 e. The van der Waals surface area contributed by atoms with E-state index in [9.17, 15) is 24.6 Å². The number of ether oxygens (including phenoxy) is 1. The lowest BCUT2D eigenvalue weighted by Crippen LogP contribution is -2.52. The maximum absolute atomic E-state index is 13.6. The SMILES string of the molecule is Cc1cccc(Cl)c1NC(=O)C(c1ccccc1O)N(CCO)C(=O)C(C)NC(=O)OC(C)(C)C. The molecule has 2 aromatic carbocycles. The summed E-state index contributed by atoms with van der Waals surface area (Å²) in [4.78, 5) is 40.3. The summed E-state index contributed by atoms with van der Waals surface area (Å²) >= 11 is 6.27. The lowest BCUT2D eigenvalue weighted by Gasteiger charge is -2.33. The van der Waals surface area contributed by atoms with Gasteiger partial charge in [-0.25, -0.2) is 4.79 Å². The maximum atomic E-state index is 13.6. The summed E-state index contributed by atoms with van der Waals surface area (Å²) < 4.78 is 5.21. The molecule has 10 heteroatoms. The Morgan fingerprint density at radius 3 is 2.34 bits per heavy atom. The number of aliphatic hydroxyl groups excluding tert-OH is 1. The van der Waals surface area contributed by atoms with E-state index in [4.69, 9.17) is 16.3 Å².